The molecule has 0 fully saturated rings. The van der Waals surface area contributed by atoms with Crippen molar-refractivity contribution in [3.63, 3.8) is 0 Å². The highest BCUT2D eigenvalue weighted by molar-refractivity contribution is 7.92. The molecule has 0 radical (unpaired) electrons. The number of pyridine rings is 1. The monoisotopic (exact) mass is 591 g/mol. The molecule has 1 atom stereocenters. The molecule has 4 aromatic rings. The molecule has 41 heavy (non-hydrogen) atoms. The van der Waals surface area contributed by atoms with Crippen LogP contribution in [0, 0.1) is 20.8 Å². The molecule has 1 unspecified atom stereocenters. The average Bonchev–Trinajstić information content (AvgIpc) is 2.90. The predicted octanol–water partition coefficient (Wildman–Crippen LogP) is 7.04. The van der Waals surface area contributed by atoms with Crippen molar-refractivity contribution >= 4 is 27.3 Å². The van der Waals surface area contributed by atoms with Crippen molar-refractivity contribution in [2.45, 2.75) is 70.4 Å². The molecule has 3 N–H and O–H groups in total. The SMILES string of the molecule is Cc1cc(C)c(S(=O)(=O)N(Cc2ccc(O)cc2Cl)c2ccc(CCC(C)(N)CCc3ccccn3)cc2)c(C)c1. The van der Waals surface area contributed by atoms with Gasteiger partial charge in [-0.1, -0.05) is 53.6 Å². The molecule has 0 amide bonds. The minimum absolute atomic E-state index is 0.0158. The Bertz CT molecular complexity index is 1580. The number of nitrogens with two attached hydrogens (primary N) is 1. The van der Waals surface area contributed by atoms with Gasteiger partial charge in [-0.3, -0.25) is 9.29 Å². The third kappa shape index (κ3) is 7.67. The van der Waals surface area contributed by atoms with Gasteiger partial charge in [0.15, 0.2) is 0 Å². The Morgan fingerprint density at radius 2 is 1.59 bits per heavy atom. The third-order valence-corrected chi connectivity index (χ3v) is 9.82. The number of aromatic nitrogens is 1. The lowest BCUT2D eigenvalue weighted by molar-refractivity contribution is 0.400. The number of phenolic OH excluding ortho intramolecular Hbond substituents is 1. The molecule has 0 saturated carbocycles. The lowest BCUT2D eigenvalue weighted by atomic mass is 9.89. The summed E-state index contributed by atoms with van der Waals surface area (Å²) < 4.78 is 29.8. The topological polar surface area (TPSA) is 96.5 Å². The number of rotatable bonds is 11. The first-order valence-corrected chi connectivity index (χ1v) is 15.5. The summed E-state index contributed by atoms with van der Waals surface area (Å²) in [5.41, 5.74) is 11.9. The van der Waals surface area contributed by atoms with E-state index in [2.05, 4.69) is 11.9 Å². The summed E-state index contributed by atoms with van der Waals surface area (Å²) >= 11 is 6.42. The van der Waals surface area contributed by atoms with E-state index in [-0.39, 0.29) is 22.7 Å². The molecule has 3 aromatic carbocycles. The number of nitrogens with zero attached hydrogens (tertiary/aromatic N) is 2. The van der Waals surface area contributed by atoms with Crippen LogP contribution < -0.4 is 10.0 Å². The molecule has 0 aliphatic carbocycles. The fraction of sp³-hybridized carbons (Fsp3) is 0.303. The number of sulfonamides is 1. The van der Waals surface area contributed by atoms with E-state index in [0.29, 0.717) is 27.4 Å². The second-order valence-corrected chi connectivity index (χ2v) is 13.4. The fourth-order valence-electron chi connectivity index (χ4n) is 5.16. The summed E-state index contributed by atoms with van der Waals surface area (Å²) in [6.45, 7) is 7.67. The van der Waals surface area contributed by atoms with E-state index < -0.39 is 10.0 Å². The Balaban J connectivity index is 1.59. The van der Waals surface area contributed by atoms with Crippen LogP contribution in [0.5, 0.6) is 5.75 Å². The van der Waals surface area contributed by atoms with Gasteiger partial charge in [0.05, 0.1) is 17.1 Å². The van der Waals surface area contributed by atoms with Crippen LogP contribution in [0.1, 0.15) is 53.3 Å². The van der Waals surface area contributed by atoms with Crippen molar-refractivity contribution in [3.05, 3.63) is 118 Å². The molecule has 0 aliphatic rings. The Kier molecular flexibility index (Phi) is 9.42. The van der Waals surface area contributed by atoms with Gasteiger partial charge in [0.2, 0.25) is 0 Å². The largest absolute Gasteiger partial charge is 0.508 e. The molecule has 6 nitrogen and oxygen atoms in total. The number of benzene rings is 3. The van der Waals surface area contributed by atoms with E-state index in [1.165, 1.54) is 16.4 Å². The van der Waals surface area contributed by atoms with Crippen LogP contribution in [0.2, 0.25) is 5.02 Å². The highest BCUT2D eigenvalue weighted by atomic mass is 35.5. The number of aromatic hydroxyl groups is 1. The summed E-state index contributed by atoms with van der Waals surface area (Å²) in [7, 11) is -3.95. The molecule has 0 spiro atoms. The molecular weight excluding hydrogens is 554 g/mol. The van der Waals surface area contributed by atoms with Crippen molar-refractivity contribution in [3.8, 4) is 5.75 Å². The lowest BCUT2D eigenvalue weighted by Crippen LogP contribution is -2.37. The van der Waals surface area contributed by atoms with E-state index in [9.17, 15) is 13.5 Å². The molecule has 1 heterocycles. The third-order valence-electron chi connectivity index (χ3n) is 7.39. The fourth-order valence-corrected chi connectivity index (χ4v) is 7.26. The summed E-state index contributed by atoms with van der Waals surface area (Å²) in [5, 5.41) is 10.1. The molecule has 0 bridgehead atoms. The lowest BCUT2D eigenvalue weighted by Gasteiger charge is -2.27. The van der Waals surface area contributed by atoms with Crippen molar-refractivity contribution < 1.29 is 13.5 Å². The van der Waals surface area contributed by atoms with Crippen LogP contribution in [0.4, 0.5) is 5.69 Å². The molecule has 8 heteroatoms. The number of hydrogen-bond acceptors (Lipinski definition) is 5. The smallest absolute Gasteiger partial charge is 0.265 e. The van der Waals surface area contributed by atoms with E-state index in [4.69, 9.17) is 17.3 Å². The van der Waals surface area contributed by atoms with Gasteiger partial charge in [0, 0.05) is 22.5 Å². The Morgan fingerprint density at radius 3 is 2.20 bits per heavy atom. The molecule has 0 saturated heterocycles. The van der Waals surface area contributed by atoms with E-state index >= 15 is 0 Å². The Morgan fingerprint density at radius 1 is 0.927 bits per heavy atom. The minimum atomic E-state index is -3.95. The van der Waals surface area contributed by atoms with Gasteiger partial charge in [-0.25, -0.2) is 8.42 Å². The van der Waals surface area contributed by atoms with Crippen LogP contribution >= 0.6 is 11.6 Å². The first-order chi connectivity index (χ1) is 19.4. The predicted molar refractivity (Wildman–Crippen MR) is 167 cm³/mol. The van der Waals surface area contributed by atoms with Crippen LogP contribution in [0.15, 0.2) is 83.9 Å². The number of halogens is 1. The number of aryl methyl sites for hydroxylation is 5. The first kappa shape index (κ1) is 30.6. The van der Waals surface area contributed by atoms with Gasteiger partial charge >= 0.3 is 0 Å². The first-order valence-electron chi connectivity index (χ1n) is 13.7. The van der Waals surface area contributed by atoms with Gasteiger partial charge < -0.3 is 10.8 Å². The summed E-state index contributed by atoms with van der Waals surface area (Å²) in [6, 6.07) is 21.8. The van der Waals surface area contributed by atoms with Gasteiger partial charge in [0.25, 0.3) is 10.0 Å². The van der Waals surface area contributed by atoms with E-state index in [1.54, 1.807) is 12.3 Å². The zero-order chi connectivity index (χ0) is 29.8. The van der Waals surface area contributed by atoms with Gasteiger partial charge in [-0.2, -0.15) is 0 Å². The molecular formula is C33H38ClN3O3S. The highest BCUT2D eigenvalue weighted by Gasteiger charge is 2.29. The van der Waals surface area contributed by atoms with Gasteiger partial charge in [0.1, 0.15) is 5.75 Å². The molecule has 1 aromatic heterocycles. The van der Waals surface area contributed by atoms with Crippen molar-refractivity contribution in [1.82, 2.24) is 4.98 Å². The number of phenols is 1. The van der Waals surface area contributed by atoms with Crippen molar-refractivity contribution in [2.75, 3.05) is 4.31 Å². The van der Waals surface area contributed by atoms with Crippen molar-refractivity contribution in [1.29, 1.82) is 0 Å². The molecule has 4 rings (SSSR count). The van der Waals surface area contributed by atoms with Gasteiger partial charge in [-0.15, -0.1) is 0 Å². The maximum Gasteiger partial charge on any atom is 0.265 e. The second-order valence-electron chi connectivity index (χ2n) is 11.2. The standard InChI is InChI=1S/C33H38ClN3O3S/c1-23-19-24(2)32(25(3)20-23)41(39,40)37(22-27-10-13-30(38)21-31(27)34)29-11-8-26(9-12-29)14-16-33(4,35)17-15-28-7-5-6-18-36-28/h5-13,18-21,38H,14-17,22,35H2,1-4H3. The van der Waals surface area contributed by atoms with Crippen LogP contribution in [0.25, 0.3) is 0 Å². The quantitative estimate of drug-likeness (QED) is 0.195. The molecule has 216 valence electrons. The maximum atomic E-state index is 14.2. The number of anilines is 1. The molecule has 0 aliphatic heterocycles. The second kappa shape index (κ2) is 12.6. The summed E-state index contributed by atoms with van der Waals surface area (Å²) in [4.78, 5) is 4.68. The summed E-state index contributed by atoms with van der Waals surface area (Å²) in [5.74, 6) is 0.0228. The maximum absolute atomic E-state index is 14.2. The Hall–Kier alpha value is -3.39. The zero-order valence-electron chi connectivity index (χ0n) is 24.1. The highest BCUT2D eigenvalue weighted by Crippen LogP contribution is 2.33. The van der Waals surface area contributed by atoms with Crippen LogP contribution in [-0.2, 0) is 29.4 Å². The van der Waals surface area contributed by atoms with Gasteiger partial charge in [-0.05, 0) is 112 Å². The van der Waals surface area contributed by atoms with Crippen LogP contribution in [-0.4, -0.2) is 24.0 Å². The average molecular weight is 592 g/mol. The summed E-state index contributed by atoms with van der Waals surface area (Å²) in [6.07, 6.45) is 4.98. The van der Waals surface area contributed by atoms with E-state index in [0.717, 1.165) is 42.5 Å². The normalized spacial score (nSPS) is 13.1. The van der Waals surface area contributed by atoms with Crippen molar-refractivity contribution in [2.24, 2.45) is 5.73 Å². The van der Waals surface area contributed by atoms with Crippen LogP contribution in [0.3, 0.4) is 0 Å². The number of hydrogen-bond donors (Lipinski definition) is 2. The Labute approximate surface area is 248 Å². The zero-order valence-corrected chi connectivity index (χ0v) is 25.6. The minimum Gasteiger partial charge on any atom is -0.508 e. The van der Waals surface area contributed by atoms with E-state index in [1.807, 2.05) is 75.4 Å².